The van der Waals surface area contributed by atoms with Crippen molar-refractivity contribution in [2.24, 2.45) is 0 Å². The summed E-state index contributed by atoms with van der Waals surface area (Å²) in [5.74, 6) is 0.979. The van der Waals surface area contributed by atoms with E-state index >= 15 is 0 Å². The predicted molar refractivity (Wildman–Crippen MR) is 74.9 cm³/mol. The van der Waals surface area contributed by atoms with Gasteiger partial charge in [0.05, 0.1) is 0 Å². The van der Waals surface area contributed by atoms with E-state index in [-0.39, 0.29) is 0 Å². The summed E-state index contributed by atoms with van der Waals surface area (Å²) in [5, 5.41) is 9.21. The molecule has 0 saturated heterocycles. The molecule has 0 spiro atoms. The molecule has 1 aromatic heterocycles. The predicted octanol–water partition coefficient (Wildman–Crippen LogP) is 4.06. The Hall–Kier alpha value is -0.870. The fourth-order valence-electron chi connectivity index (χ4n) is 1.91. The first kappa shape index (κ1) is 12.6. The lowest BCUT2D eigenvalue weighted by atomic mass is 10.0. The van der Waals surface area contributed by atoms with E-state index in [0.717, 1.165) is 15.1 Å². The highest BCUT2D eigenvalue weighted by Crippen LogP contribution is 2.28. The van der Waals surface area contributed by atoms with Crippen molar-refractivity contribution in [3.8, 4) is 0 Å². The van der Waals surface area contributed by atoms with Gasteiger partial charge < -0.3 is 0 Å². The lowest BCUT2D eigenvalue weighted by Crippen LogP contribution is -1.92. The molecule has 17 heavy (non-hydrogen) atoms. The number of benzene rings is 1. The molecule has 0 amide bonds. The van der Waals surface area contributed by atoms with Crippen molar-refractivity contribution in [1.82, 2.24) is 10.2 Å². The SMILES string of the molecule is Cc1cc(C)c(CSc2nnc(C)s2)c(C)c1. The lowest BCUT2D eigenvalue weighted by molar-refractivity contribution is 0.983. The molecule has 0 aliphatic rings. The molecule has 0 fully saturated rings. The summed E-state index contributed by atoms with van der Waals surface area (Å²) >= 11 is 3.44. The van der Waals surface area contributed by atoms with Crippen LogP contribution in [0.1, 0.15) is 27.3 Å². The van der Waals surface area contributed by atoms with Gasteiger partial charge in [0.1, 0.15) is 5.01 Å². The summed E-state index contributed by atoms with van der Waals surface area (Å²) in [6, 6.07) is 4.49. The number of aryl methyl sites for hydroxylation is 4. The number of nitrogens with zero attached hydrogens (tertiary/aromatic N) is 2. The molecular formula is C13H16N2S2. The highest BCUT2D eigenvalue weighted by Gasteiger charge is 2.07. The molecule has 0 aliphatic carbocycles. The Balaban J connectivity index is 2.14. The van der Waals surface area contributed by atoms with Crippen LogP contribution in [0.2, 0.25) is 0 Å². The van der Waals surface area contributed by atoms with E-state index < -0.39 is 0 Å². The van der Waals surface area contributed by atoms with E-state index in [1.54, 1.807) is 23.1 Å². The Bertz CT molecular complexity index is 509. The quantitative estimate of drug-likeness (QED) is 0.782. The van der Waals surface area contributed by atoms with Gasteiger partial charge in [-0.3, -0.25) is 0 Å². The average Bonchev–Trinajstić information content (AvgIpc) is 2.62. The molecule has 0 bridgehead atoms. The molecule has 1 aromatic carbocycles. The molecular weight excluding hydrogens is 248 g/mol. The number of aromatic nitrogens is 2. The van der Waals surface area contributed by atoms with E-state index in [4.69, 9.17) is 0 Å². The highest BCUT2D eigenvalue weighted by atomic mass is 32.2. The third-order valence-electron chi connectivity index (χ3n) is 2.69. The molecule has 90 valence electrons. The van der Waals surface area contributed by atoms with E-state index in [9.17, 15) is 0 Å². The molecule has 0 aliphatic heterocycles. The Morgan fingerprint density at radius 2 is 1.71 bits per heavy atom. The zero-order valence-corrected chi connectivity index (χ0v) is 12.2. The topological polar surface area (TPSA) is 25.8 Å². The summed E-state index contributed by atoms with van der Waals surface area (Å²) in [4.78, 5) is 0. The van der Waals surface area contributed by atoms with Gasteiger partial charge in [-0.05, 0) is 44.4 Å². The molecule has 0 unspecified atom stereocenters. The molecule has 1 heterocycles. The van der Waals surface area contributed by atoms with Gasteiger partial charge in [0.2, 0.25) is 0 Å². The van der Waals surface area contributed by atoms with Crippen molar-refractivity contribution >= 4 is 23.1 Å². The Kier molecular flexibility index (Phi) is 3.84. The first-order chi connectivity index (χ1) is 8.06. The van der Waals surface area contributed by atoms with Crippen molar-refractivity contribution < 1.29 is 0 Å². The maximum Gasteiger partial charge on any atom is 0.174 e. The summed E-state index contributed by atoms with van der Waals surface area (Å²) in [5.41, 5.74) is 5.50. The highest BCUT2D eigenvalue weighted by molar-refractivity contribution is 8.00. The summed E-state index contributed by atoms with van der Waals surface area (Å²) in [6.45, 7) is 8.50. The second-order valence-corrected chi connectivity index (χ2v) is 6.66. The van der Waals surface area contributed by atoms with Crippen molar-refractivity contribution in [2.45, 2.75) is 37.8 Å². The van der Waals surface area contributed by atoms with Crippen LogP contribution in [0.3, 0.4) is 0 Å². The molecule has 2 aromatic rings. The molecule has 0 atom stereocenters. The maximum absolute atomic E-state index is 4.14. The van der Waals surface area contributed by atoms with Crippen LogP contribution < -0.4 is 0 Å². The van der Waals surface area contributed by atoms with E-state index in [1.807, 2.05) is 6.92 Å². The second-order valence-electron chi connectivity index (χ2n) is 4.25. The van der Waals surface area contributed by atoms with Crippen LogP contribution in [-0.4, -0.2) is 10.2 Å². The Labute approximate surface area is 110 Å². The molecule has 0 saturated carbocycles. The second kappa shape index (κ2) is 5.19. The van der Waals surface area contributed by atoms with Gasteiger partial charge >= 0.3 is 0 Å². The van der Waals surface area contributed by atoms with Gasteiger partial charge in [-0.15, -0.1) is 10.2 Å². The maximum atomic E-state index is 4.14. The standard InChI is InChI=1S/C13H16N2S2/c1-8-5-9(2)12(10(3)6-8)7-16-13-15-14-11(4)17-13/h5-6H,7H2,1-4H3. The molecule has 0 radical (unpaired) electrons. The van der Waals surface area contributed by atoms with Crippen molar-refractivity contribution in [3.63, 3.8) is 0 Å². The number of hydrogen-bond donors (Lipinski definition) is 0. The zero-order chi connectivity index (χ0) is 12.4. The smallest absolute Gasteiger partial charge is 0.143 e. The number of thioether (sulfide) groups is 1. The lowest BCUT2D eigenvalue weighted by Gasteiger charge is -2.09. The van der Waals surface area contributed by atoms with E-state index in [0.29, 0.717) is 0 Å². The summed E-state index contributed by atoms with van der Waals surface area (Å²) in [7, 11) is 0. The van der Waals surface area contributed by atoms with Gasteiger partial charge in [-0.1, -0.05) is 40.8 Å². The van der Waals surface area contributed by atoms with Gasteiger partial charge in [0.15, 0.2) is 4.34 Å². The van der Waals surface area contributed by atoms with Crippen LogP contribution in [0.25, 0.3) is 0 Å². The minimum absolute atomic E-state index is 0.979. The molecule has 4 heteroatoms. The van der Waals surface area contributed by atoms with Crippen LogP contribution >= 0.6 is 23.1 Å². The normalized spacial score (nSPS) is 10.8. The zero-order valence-electron chi connectivity index (χ0n) is 10.6. The third-order valence-corrected chi connectivity index (χ3v) is 4.69. The van der Waals surface area contributed by atoms with Crippen LogP contribution in [0.15, 0.2) is 16.5 Å². The fourth-order valence-corrected chi connectivity index (χ4v) is 3.92. The van der Waals surface area contributed by atoms with Gasteiger partial charge in [-0.25, -0.2) is 0 Å². The van der Waals surface area contributed by atoms with E-state index in [2.05, 4.69) is 43.1 Å². The van der Waals surface area contributed by atoms with Gasteiger partial charge in [0.25, 0.3) is 0 Å². The van der Waals surface area contributed by atoms with Crippen LogP contribution in [0.4, 0.5) is 0 Å². The largest absolute Gasteiger partial charge is 0.174 e. The monoisotopic (exact) mass is 264 g/mol. The van der Waals surface area contributed by atoms with Crippen molar-refractivity contribution in [2.75, 3.05) is 0 Å². The molecule has 2 rings (SSSR count). The van der Waals surface area contributed by atoms with E-state index in [1.165, 1.54) is 22.3 Å². The fraction of sp³-hybridized carbons (Fsp3) is 0.385. The van der Waals surface area contributed by atoms with Crippen LogP contribution in [0.5, 0.6) is 0 Å². The first-order valence-electron chi connectivity index (χ1n) is 5.56. The molecule has 2 nitrogen and oxygen atoms in total. The van der Waals surface area contributed by atoms with Crippen molar-refractivity contribution in [3.05, 3.63) is 39.4 Å². The third kappa shape index (κ3) is 3.07. The van der Waals surface area contributed by atoms with Crippen molar-refractivity contribution in [1.29, 1.82) is 0 Å². The minimum Gasteiger partial charge on any atom is -0.143 e. The minimum atomic E-state index is 0.979. The number of hydrogen-bond acceptors (Lipinski definition) is 4. The summed E-state index contributed by atoms with van der Waals surface area (Å²) < 4.78 is 1.06. The Morgan fingerprint density at radius 1 is 1.06 bits per heavy atom. The van der Waals surface area contributed by atoms with Crippen LogP contribution in [-0.2, 0) is 5.75 Å². The Morgan fingerprint density at radius 3 is 2.24 bits per heavy atom. The first-order valence-corrected chi connectivity index (χ1v) is 7.36. The van der Waals surface area contributed by atoms with Gasteiger partial charge in [0, 0.05) is 5.75 Å². The summed E-state index contributed by atoms with van der Waals surface area (Å²) in [6.07, 6.45) is 0. The van der Waals surface area contributed by atoms with Crippen LogP contribution in [0, 0.1) is 27.7 Å². The number of rotatable bonds is 3. The van der Waals surface area contributed by atoms with Gasteiger partial charge in [-0.2, -0.15) is 0 Å². The molecule has 0 N–H and O–H groups in total. The average molecular weight is 264 g/mol.